The van der Waals surface area contributed by atoms with E-state index in [1.165, 1.54) is 0 Å². The molecular formula is C24H28N6O2. The Morgan fingerprint density at radius 3 is 2.69 bits per heavy atom. The summed E-state index contributed by atoms with van der Waals surface area (Å²) in [5, 5.41) is 9.36. The van der Waals surface area contributed by atoms with Crippen molar-refractivity contribution < 1.29 is 9.47 Å². The SMILES string of the molecule is CCOc1ncccc1-c1cnc2c(c(C(C)C)nn2C)c1NCc1cc(OC)ccn1. The maximum absolute atomic E-state index is 5.82. The molecule has 0 aliphatic rings. The molecule has 0 bridgehead atoms. The average Bonchev–Trinajstić information content (AvgIpc) is 3.15. The van der Waals surface area contributed by atoms with Crippen LogP contribution in [0.25, 0.3) is 22.2 Å². The van der Waals surface area contributed by atoms with Gasteiger partial charge in [-0.2, -0.15) is 5.10 Å². The van der Waals surface area contributed by atoms with Crippen molar-refractivity contribution in [2.24, 2.45) is 7.05 Å². The van der Waals surface area contributed by atoms with E-state index in [1.807, 2.05) is 49.1 Å². The molecule has 0 amide bonds. The van der Waals surface area contributed by atoms with E-state index in [0.717, 1.165) is 45.0 Å². The van der Waals surface area contributed by atoms with Crippen LogP contribution in [0.4, 0.5) is 5.69 Å². The summed E-state index contributed by atoms with van der Waals surface area (Å²) in [5.41, 5.74) is 5.40. The second-order valence-electron chi connectivity index (χ2n) is 7.74. The van der Waals surface area contributed by atoms with Gasteiger partial charge in [0.2, 0.25) is 5.88 Å². The van der Waals surface area contributed by atoms with Gasteiger partial charge >= 0.3 is 0 Å². The first-order chi connectivity index (χ1) is 15.5. The second kappa shape index (κ2) is 9.21. The van der Waals surface area contributed by atoms with Crippen molar-refractivity contribution in [2.45, 2.75) is 33.2 Å². The predicted molar refractivity (Wildman–Crippen MR) is 125 cm³/mol. The van der Waals surface area contributed by atoms with Gasteiger partial charge in [0.05, 0.1) is 42.7 Å². The number of methoxy groups -OCH3 is 1. The van der Waals surface area contributed by atoms with Gasteiger partial charge in [-0.25, -0.2) is 9.97 Å². The molecule has 4 rings (SSSR count). The van der Waals surface area contributed by atoms with Crippen LogP contribution < -0.4 is 14.8 Å². The molecule has 4 aromatic heterocycles. The highest BCUT2D eigenvalue weighted by Gasteiger charge is 2.22. The molecule has 0 radical (unpaired) electrons. The van der Waals surface area contributed by atoms with Crippen LogP contribution in [0.3, 0.4) is 0 Å². The summed E-state index contributed by atoms with van der Waals surface area (Å²) in [5.74, 6) is 1.58. The molecule has 0 unspecified atom stereocenters. The molecule has 0 saturated carbocycles. The minimum absolute atomic E-state index is 0.228. The van der Waals surface area contributed by atoms with Gasteiger partial charge in [0.15, 0.2) is 5.65 Å². The summed E-state index contributed by atoms with van der Waals surface area (Å²) >= 11 is 0. The van der Waals surface area contributed by atoms with Crippen molar-refractivity contribution in [1.82, 2.24) is 24.7 Å². The lowest BCUT2D eigenvalue weighted by Gasteiger charge is -2.16. The molecule has 0 saturated heterocycles. The summed E-state index contributed by atoms with van der Waals surface area (Å²) < 4.78 is 13.0. The molecule has 4 heterocycles. The Morgan fingerprint density at radius 1 is 1.09 bits per heavy atom. The van der Waals surface area contributed by atoms with E-state index in [9.17, 15) is 0 Å². The largest absolute Gasteiger partial charge is 0.497 e. The third kappa shape index (κ3) is 4.08. The van der Waals surface area contributed by atoms with Crippen molar-refractivity contribution in [3.8, 4) is 22.8 Å². The molecule has 4 aromatic rings. The van der Waals surface area contributed by atoms with Gasteiger partial charge in [0, 0.05) is 42.8 Å². The number of rotatable bonds is 8. The number of pyridine rings is 3. The van der Waals surface area contributed by atoms with Crippen LogP contribution in [0, 0.1) is 0 Å². The van der Waals surface area contributed by atoms with E-state index in [4.69, 9.17) is 19.6 Å². The Bertz CT molecular complexity index is 1230. The molecule has 32 heavy (non-hydrogen) atoms. The van der Waals surface area contributed by atoms with Crippen LogP contribution in [-0.2, 0) is 13.6 Å². The van der Waals surface area contributed by atoms with E-state index in [2.05, 4.69) is 29.1 Å². The third-order valence-electron chi connectivity index (χ3n) is 5.24. The molecule has 8 heteroatoms. The van der Waals surface area contributed by atoms with E-state index >= 15 is 0 Å². The molecule has 8 nitrogen and oxygen atoms in total. The first kappa shape index (κ1) is 21.5. The number of nitrogens with one attached hydrogen (secondary N) is 1. The second-order valence-corrected chi connectivity index (χ2v) is 7.74. The quantitative estimate of drug-likeness (QED) is 0.436. The van der Waals surface area contributed by atoms with Crippen molar-refractivity contribution in [1.29, 1.82) is 0 Å². The van der Waals surface area contributed by atoms with Crippen LogP contribution in [0.2, 0.25) is 0 Å². The molecular weight excluding hydrogens is 404 g/mol. The fraction of sp³-hybridized carbons (Fsp3) is 0.333. The lowest BCUT2D eigenvalue weighted by molar-refractivity contribution is 0.328. The van der Waals surface area contributed by atoms with Crippen LogP contribution >= 0.6 is 0 Å². The molecule has 0 fully saturated rings. The zero-order chi connectivity index (χ0) is 22.7. The van der Waals surface area contributed by atoms with Crippen molar-refractivity contribution >= 4 is 16.7 Å². The lowest BCUT2D eigenvalue weighted by atomic mass is 10.0. The van der Waals surface area contributed by atoms with Gasteiger partial charge in [-0.15, -0.1) is 0 Å². The molecule has 0 aliphatic carbocycles. The van der Waals surface area contributed by atoms with Crippen molar-refractivity contribution in [3.63, 3.8) is 0 Å². The minimum Gasteiger partial charge on any atom is -0.497 e. The Labute approximate surface area is 187 Å². The summed E-state index contributed by atoms with van der Waals surface area (Å²) in [6.45, 7) is 7.26. The smallest absolute Gasteiger partial charge is 0.221 e. The molecule has 0 aromatic carbocycles. The van der Waals surface area contributed by atoms with E-state index in [1.54, 1.807) is 19.5 Å². The number of hydrogen-bond donors (Lipinski definition) is 1. The number of aryl methyl sites for hydroxylation is 1. The highest BCUT2D eigenvalue weighted by atomic mass is 16.5. The summed E-state index contributed by atoms with van der Waals surface area (Å²) in [6.07, 6.45) is 5.34. The van der Waals surface area contributed by atoms with Crippen molar-refractivity contribution in [3.05, 3.63) is 54.2 Å². The van der Waals surface area contributed by atoms with Gasteiger partial charge in [-0.1, -0.05) is 13.8 Å². The first-order valence-corrected chi connectivity index (χ1v) is 10.7. The number of anilines is 1. The maximum atomic E-state index is 5.82. The summed E-state index contributed by atoms with van der Waals surface area (Å²) in [4.78, 5) is 13.7. The van der Waals surface area contributed by atoms with Crippen LogP contribution in [-0.4, -0.2) is 38.4 Å². The number of aromatic nitrogens is 5. The number of ether oxygens (including phenoxy) is 2. The summed E-state index contributed by atoms with van der Waals surface area (Å²) in [6, 6.07) is 7.66. The highest BCUT2D eigenvalue weighted by molar-refractivity contribution is 6.00. The molecule has 0 spiro atoms. The molecule has 0 atom stereocenters. The third-order valence-corrected chi connectivity index (χ3v) is 5.24. The normalized spacial score (nSPS) is 11.2. The Balaban J connectivity index is 1.89. The number of nitrogens with zero attached hydrogens (tertiary/aromatic N) is 5. The monoisotopic (exact) mass is 432 g/mol. The first-order valence-electron chi connectivity index (χ1n) is 10.7. The zero-order valence-electron chi connectivity index (χ0n) is 19.1. The van der Waals surface area contributed by atoms with Gasteiger partial charge in [-0.3, -0.25) is 9.67 Å². The zero-order valence-corrected chi connectivity index (χ0v) is 19.1. The van der Waals surface area contributed by atoms with Gasteiger partial charge < -0.3 is 14.8 Å². The number of hydrogen-bond acceptors (Lipinski definition) is 7. The fourth-order valence-electron chi connectivity index (χ4n) is 3.75. The van der Waals surface area contributed by atoms with Gasteiger partial charge in [0.25, 0.3) is 0 Å². The van der Waals surface area contributed by atoms with E-state index < -0.39 is 0 Å². The maximum Gasteiger partial charge on any atom is 0.221 e. The van der Waals surface area contributed by atoms with Crippen LogP contribution in [0.1, 0.15) is 38.1 Å². The Morgan fingerprint density at radius 2 is 1.94 bits per heavy atom. The number of fused-ring (bicyclic) bond motifs is 1. The van der Waals surface area contributed by atoms with Crippen LogP contribution in [0.5, 0.6) is 11.6 Å². The Hall–Kier alpha value is -3.68. The molecule has 166 valence electrons. The highest BCUT2D eigenvalue weighted by Crippen LogP contribution is 2.40. The summed E-state index contributed by atoms with van der Waals surface area (Å²) in [7, 11) is 3.57. The molecule has 1 N–H and O–H groups in total. The van der Waals surface area contributed by atoms with E-state index in [-0.39, 0.29) is 5.92 Å². The minimum atomic E-state index is 0.228. The molecule has 0 aliphatic heterocycles. The average molecular weight is 433 g/mol. The van der Waals surface area contributed by atoms with Crippen LogP contribution in [0.15, 0.2) is 42.9 Å². The van der Waals surface area contributed by atoms with E-state index in [0.29, 0.717) is 19.0 Å². The topological polar surface area (TPSA) is 87.0 Å². The van der Waals surface area contributed by atoms with Gasteiger partial charge in [-0.05, 0) is 31.0 Å². The lowest BCUT2D eigenvalue weighted by Crippen LogP contribution is -2.06. The fourth-order valence-corrected chi connectivity index (χ4v) is 3.75. The van der Waals surface area contributed by atoms with Gasteiger partial charge in [0.1, 0.15) is 5.75 Å². The Kier molecular flexibility index (Phi) is 6.20. The predicted octanol–water partition coefficient (Wildman–Crippen LogP) is 4.57. The standard InChI is InChI=1S/C24H28N6O2/c1-6-32-24-18(8-7-10-26-24)19-14-28-23-20(21(15(2)3)29-30(23)4)22(19)27-13-16-12-17(31-5)9-11-25-16/h7-12,14-15H,6,13H2,1-5H3,(H,27,28). The van der Waals surface area contributed by atoms with Crippen molar-refractivity contribution in [2.75, 3.05) is 19.0 Å².